The van der Waals surface area contributed by atoms with E-state index in [1.807, 2.05) is 12.1 Å². The van der Waals surface area contributed by atoms with Crippen LogP contribution in [0, 0.1) is 0 Å². The number of aromatic hydroxyl groups is 1. The molecule has 4 heteroatoms. The Labute approximate surface area is 101 Å². The van der Waals surface area contributed by atoms with Crippen molar-refractivity contribution in [1.82, 2.24) is 5.32 Å². The molecule has 4 N–H and O–H groups in total. The van der Waals surface area contributed by atoms with E-state index in [0.717, 1.165) is 19.3 Å². The number of fused-ring (bicyclic) bond motifs is 1. The van der Waals surface area contributed by atoms with Gasteiger partial charge in [0.25, 0.3) is 0 Å². The van der Waals surface area contributed by atoms with Gasteiger partial charge >= 0.3 is 0 Å². The number of nitrogens with one attached hydrogen (secondary N) is 1. The molecule has 1 aromatic carbocycles. The molecule has 2 unspecified atom stereocenters. The molecule has 0 radical (unpaired) electrons. The second-order valence-electron chi connectivity index (χ2n) is 4.57. The van der Waals surface area contributed by atoms with Crippen LogP contribution < -0.4 is 5.32 Å². The molecule has 4 nitrogen and oxygen atoms in total. The SMILES string of the molecule is OCC(O)CNC1CCCc2cc(O)ccc21. The summed E-state index contributed by atoms with van der Waals surface area (Å²) in [6.07, 6.45) is 2.38. The Morgan fingerprint density at radius 2 is 2.24 bits per heavy atom. The van der Waals surface area contributed by atoms with Gasteiger partial charge in [0, 0.05) is 12.6 Å². The van der Waals surface area contributed by atoms with Crippen LogP contribution in [0.3, 0.4) is 0 Å². The third kappa shape index (κ3) is 2.97. The number of aryl methyl sites for hydroxylation is 1. The first-order valence-electron chi connectivity index (χ1n) is 6.05. The van der Waals surface area contributed by atoms with Gasteiger partial charge in [-0.1, -0.05) is 6.07 Å². The van der Waals surface area contributed by atoms with Crippen molar-refractivity contribution in [3.63, 3.8) is 0 Å². The van der Waals surface area contributed by atoms with Gasteiger partial charge in [-0.05, 0) is 42.5 Å². The van der Waals surface area contributed by atoms with Gasteiger partial charge in [0.15, 0.2) is 0 Å². The van der Waals surface area contributed by atoms with E-state index in [0.29, 0.717) is 12.3 Å². The zero-order valence-corrected chi connectivity index (χ0v) is 9.76. The summed E-state index contributed by atoms with van der Waals surface area (Å²) < 4.78 is 0. The quantitative estimate of drug-likeness (QED) is 0.622. The lowest BCUT2D eigenvalue weighted by molar-refractivity contribution is 0.0912. The predicted molar refractivity (Wildman–Crippen MR) is 64.9 cm³/mol. The summed E-state index contributed by atoms with van der Waals surface area (Å²) in [5.74, 6) is 0.305. The molecule has 0 bridgehead atoms. The van der Waals surface area contributed by atoms with Crippen LogP contribution in [0.2, 0.25) is 0 Å². The van der Waals surface area contributed by atoms with Crippen molar-refractivity contribution >= 4 is 0 Å². The third-order valence-corrected chi connectivity index (χ3v) is 3.25. The predicted octanol–water partition coefficient (Wildman–Crippen LogP) is 0.712. The second-order valence-corrected chi connectivity index (χ2v) is 4.57. The minimum atomic E-state index is -0.711. The van der Waals surface area contributed by atoms with Gasteiger partial charge in [-0.2, -0.15) is 0 Å². The van der Waals surface area contributed by atoms with Crippen LogP contribution in [0.4, 0.5) is 0 Å². The largest absolute Gasteiger partial charge is 0.508 e. The van der Waals surface area contributed by atoms with Gasteiger partial charge in [0.2, 0.25) is 0 Å². The molecule has 0 aromatic heterocycles. The first kappa shape index (κ1) is 12.4. The monoisotopic (exact) mass is 237 g/mol. The second kappa shape index (κ2) is 5.49. The average Bonchev–Trinajstić information content (AvgIpc) is 2.35. The zero-order valence-electron chi connectivity index (χ0n) is 9.76. The molecule has 2 atom stereocenters. The van der Waals surface area contributed by atoms with Gasteiger partial charge < -0.3 is 20.6 Å². The average molecular weight is 237 g/mol. The number of hydrogen-bond acceptors (Lipinski definition) is 4. The lowest BCUT2D eigenvalue weighted by Crippen LogP contribution is -2.33. The summed E-state index contributed by atoms with van der Waals surface area (Å²) >= 11 is 0. The number of rotatable bonds is 4. The molecule has 0 aliphatic heterocycles. The van der Waals surface area contributed by atoms with E-state index in [1.165, 1.54) is 11.1 Å². The zero-order chi connectivity index (χ0) is 12.3. The van der Waals surface area contributed by atoms with Crippen LogP contribution in [0.1, 0.15) is 30.0 Å². The van der Waals surface area contributed by atoms with E-state index in [4.69, 9.17) is 5.11 Å². The molecular formula is C13H19NO3. The third-order valence-electron chi connectivity index (χ3n) is 3.25. The maximum Gasteiger partial charge on any atom is 0.115 e. The smallest absolute Gasteiger partial charge is 0.115 e. The molecule has 0 spiro atoms. The molecule has 0 saturated carbocycles. The topological polar surface area (TPSA) is 72.7 Å². The number of aliphatic hydroxyl groups excluding tert-OH is 2. The number of aliphatic hydroxyl groups is 2. The number of phenols is 1. The number of phenolic OH excluding ortho intramolecular Hbond substituents is 1. The molecule has 1 aliphatic carbocycles. The first-order valence-corrected chi connectivity index (χ1v) is 6.05. The fourth-order valence-corrected chi connectivity index (χ4v) is 2.36. The van der Waals surface area contributed by atoms with Crippen molar-refractivity contribution < 1.29 is 15.3 Å². The normalized spacial score (nSPS) is 20.9. The molecular weight excluding hydrogens is 218 g/mol. The van der Waals surface area contributed by atoms with Crippen molar-refractivity contribution in [2.24, 2.45) is 0 Å². The number of hydrogen-bond donors (Lipinski definition) is 4. The molecule has 0 saturated heterocycles. The highest BCUT2D eigenvalue weighted by atomic mass is 16.3. The van der Waals surface area contributed by atoms with Crippen LogP contribution in [0.15, 0.2) is 18.2 Å². The van der Waals surface area contributed by atoms with E-state index in [-0.39, 0.29) is 12.6 Å². The number of benzene rings is 1. The van der Waals surface area contributed by atoms with E-state index in [9.17, 15) is 10.2 Å². The van der Waals surface area contributed by atoms with Gasteiger partial charge in [-0.3, -0.25) is 0 Å². The standard InChI is InChI=1S/C13H19NO3/c15-8-11(17)7-14-13-3-1-2-9-6-10(16)4-5-12(9)13/h4-6,11,13-17H,1-3,7-8H2. The van der Waals surface area contributed by atoms with Gasteiger partial charge in [0.05, 0.1) is 12.7 Å². The van der Waals surface area contributed by atoms with Gasteiger partial charge in [0.1, 0.15) is 5.75 Å². The van der Waals surface area contributed by atoms with Crippen LogP contribution >= 0.6 is 0 Å². The Morgan fingerprint density at radius 1 is 1.41 bits per heavy atom. The van der Waals surface area contributed by atoms with E-state index >= 15 is 0 Å². The Kier molecular flexibility index (Phi) is 3.99. The summed E-state index contributed by atoms with van der Waals surface area (Å²) in [5, 5.41) is 30.8. The van der Waals surface area contributed by atoms with Gasteiger partial charge in [-0.15, -0.1) is 0 Å². The van der Waals surface area contributed by atoms with Crippen molar-refractivity contribution in [2.75, 3.05) is 13.2 Å². The maximum atomic E-state index is 9.44. The highest BCUT2D eigenvalue weighted by molar-refractivity contribution is 5.38. The highest BCUT2D eigenvalue weighted by Gasteiger charge is 2.20. The summed E-state index contributed by atoms with van der Waals surface area (Å²) in [4.78, 5) is 0. The fourth-order valence-electron chi connectivity index (χ4n) is 2.36. The first-order chi connectivity index (χ1) is 8.20. The Bertz CT molecular complexity index is 381. The summed E-state index contributed by atoms with van der Waals surface area (Å²) in [6, 6.07) is 5.65. The molecule has 94 valence electrons. The Hall–Kier alpha value is -1.10. The fraction of sp³-hybridized carbons (Fsp3) is 0.538. The van der Waals surface area contributed by atoms with Crippen LogP contribution in [-0.2, 0) is 6.42 Å². The molecule has 0 heterocycles. The molecule has 1 aromatic rings. The minimum absolute atomic E-state index is 0.209. The Morgan fingerprint density at radius 3 is 3.00 bits per heavy atom. The molecule has 0 fully saturated rings. The van der Waals surface area contributed by atoms with Crippen molar-refractivity contribution in [3.05, 3.63) is 29.3 Å². The molecule has 1 aliphatic rings. The van der Waals surface area contributed by atoms with E-state index in [2.05, 4.69) is 5.32 Å². The van der Waals surface area contributed by atoms with Crippen molar-refractivity contribution in [3.8, 4) is 5.75 Å². The molecule has 0 amide bonds. The molecule has 17 heavy (non-hydrogen) atoms. The van der Waals surface area contributed by atoms with Crippen molar-refractivity contribution in [1.29, 1.82) is 0 Å². The minimum Gasteiger partial charge on any atom is -0.508 e. The summed E-state index contributed by atoms with van der Waals surface area (Å²) in [5.41, 5.74) is 2.37. The lowest BCUT2D eigenvalue weighted by Gasteiger charge is -2.27. The summed E-state index contributed by atoms with van der Waals surface area (Å²) in [7, 11) is 0. The van der Waals surface area contributed by atoms with Crippen LogP contribution in [0.5, 0.6) is 5.75 Å². The summed E-state index contributed by atoms with van der Waals surface area (Å²) in [6.45, 7) is 0.170. The lowest BCUT2D eigenvalue weighted by atomic mass is 9.87. The van der Waals surface area contributed by atoms with Crippen LogP contribution in [-0.4, -0.2) is 34.6 Å². The Balaban J connectivity index is 2.06. The molecule has 2 rings (SSSR count). The van der Waals surface area contributed by atoms with E-state index < -0.39 is 6.10 Å². The van der Waals surface area contributed by atoms with Gasteiger partial charge in [-0.25, -0.2) is 0 Å². The highest BCUT2D eigenvalue weighted by Crippen LogP contribution is 2.31. The van der Waals surface area contributed by atoms with E-state index in [1.54, 1.807) is 6.07 Å². The van der Waals surface area contributed by atoms with Crippen molar-refractivity contribution in [2.45, 2.75) is 31.4 Å². The van der Waals surface area contributed by atoms with Crippen LogP contribution in [0.25, 0.3) is 0 Å². The maximum absolute atomic E-state index is 9.44.